The van der Waals surface area contributed by atoms with E-state index in [2.05, 4.69) is 67.8 Å². The number of ether oxygens (including phenoxy) is 1. The number of benzene rings is 1. The first-order chi connectivity index (χ1) is 9.16. The van der Waals surface area contributed by atoms with Crippen molar-refractivity contribution in [3.8, 4) is 0 Å². The number of methoxy groups -OCH3 is 1. The highest BCUT2D eigenvalue weighted by Crippen LogP contribution is 2.25. The summed E-state index contributed by atoms with van der Waals surface area (Å²) >= 11 is 0. The zero-order chi connectivity index (χ0) is 15.1. The van der Waals surface area contributed by atoms with Gasteiger partial charge in [-0.2, -0.15) is 0 Å². The Morgan fingerprint density at radius 1 is 1.10 bits per heavy atom. The molecule has 0 bridgehead atoms. The Bertz CT molecular complexity index is 611. The largest absolute Gasteiger partial charge is 0.363 e. The van der Waals surface area contributed by atoms with E-state index in [9.17, 15) is 0 Å². The number of rotatable bonds is 4. The third-order valence-electron chi connectivity index (χ3n) is 3.50. The van der Waals surface area contributed by atoms with Crippen molar-refractivity contribution in [1.82, 2.24) is 15.0 Å². The summed E-state index contributed by atoms with van der Waals surface area (Å²) in [7, 11) is -1.18. The molecule has 1 atom stereocenters. The molecule has 0 aliphatic heterocycles. The van der Waals surface area contributed by atoms with Crippen molar-refractivity contribution >= 4 is 32.4 Å². The lowest BCUT2D eigenvalue weighted by atomic mass is 10.3. The van der Waals surface area contributed by atoms with Crippen molar-refractivity contribution in [2.24, 2.45) is 0 Å². The SMILES string of the molecule is COC(n1nnc2c([Si](C)(C)C)cccc21)[Si](C)(C)C. The molecule has 2 rings (SSSR count). The zero-order valence-corrected chi connectivity index (χ0v) is 15.6. The van der Waals surface area contributed by atoms with Gasteiger partial charge >= 0.3 is 0 Å². The van der Waals surface area contributed by atoms with Crippen molar-refractivity contribution < 1.29 is 4.74 Å². The van der Waals surface area contributed by atoms with E-state index in [1.807, 2.05) is 4.68 Å². The number of fused-ring (bicyclic) bond motifs is 1. The van der Waals surface area contributed by atoms with Crippen molar-refractivity contribution in [3.05, 3.63) is 18.2 Å². The minimum Gasteiger partial charge on any atom is -0.363 e. The van der Waals surface area contributed by atoms with E-state index in [0.717, 1.165) is 11.0 Å². The number of nitrogens with zero attached hydrogens (tertiary/aromatic N) is 3. The molecular formula is C14H25N3OSi2. The second kappa shape index (κ2) is 5.09. The van der Waals surface area contributed by atoms with E-state index in [4.69, 9.17) is 4.74 Å². The van der Waals surface area contributed by atoms with Crippen LogP contribution in [0, 0.1) is 0 Å². The summed E-state index contributed by atoms with van der Waals surface area (Å²) < 4.78 is 7.70. The van der Waals surface area contributed by atoms with E-state index in [1.165, 1.54) is 5.19 Å². The molecule has 0 saturated carbocycles. The molecule has 6 heteroatoms. The first-order valence-corrected chi connectivity index (χ1v) is 14.1. The van der Waals surface area contributed by atoms with Gasteiger partial charge in [0.2, 0.25) is 0 Å². The van der Waals surface area contributed by atoms with Crippen LogP contribution < -0.4 is 5.19 Å². The first-order valence-electron chi connectivity index (χ1n) is 7.03. The van der Waals surface area contributed by atoms with Gasteiger partial charge in [-0.15, -0.1) is 5.10 Å². The van der Waals surface area contributed by atoms with Gasteiger partial charge in [0, 0.05) is 7.11 Å². The fourth-order valence-electron chi connectivity index (χ4n) is 2.56. The highest BCUT2D eigenvalue weighted by Gasteiger charge is 2.31. The fraction of sp³-hybridized carbons (Fsp3) is 0.571. The third-order valence-corrected chi connectivity index (χ3v) is 7.48. The van der Waals surface area contributed by atoms with E-state index < -0.39 is 16.1 Å². The Kier molecular flexibility index (Phi) is 3.92. The topological polar surface area (TPSA) is 39.9 Å². The van der Waals surface area contributed by atoms with E-state index >= 15 is 0 Å². The van der Waals surface area contributed by atoms with Gasteiger partial charge < -0.3 is 4.74 Å². The van der Waals surface area contributed by atoms with E-state index in [-0.39, 0.29) is 5.85 Å². The van der Waals surface area contributed by atoms with Gasteiger partial charge in [0.15, 0.2) is 0 Å². The van der Waals surface area contributed by atoms with Crippen molar-refractivity contribution in [3.63, 3.8) is 0 Å². The van der Waals surface area contributed by atoms with Crippen LogP contribution in [0.5, 0.6) is 0 Å². The van der Waals surface area contributed by atoms with Gasteiger partial charge in [-0.25, -0.2) is 4.68 Å². The number of hydrogen-bond acceptors (Lipinski definition) is 3. The minimum absolute atomic E-state index is 0.0179. The molecule has 1 aromatic heterocycles. The highest BCUT2D eigenvalue weighted by molar-refractivity contribution is 6.90. The summed E-state index contributed by atoms with van der Waals surface area (Å²) in [5.41, 5.74) is 2.14. The lowest BCUT2D eigenvalue weighted by Gasteiger charge is -2.27. The molecule has 0 aliphatic carbocycles. The van der Waals surface area contributed by atoms with Gasteiger partial charge in [-0.3, -0.25) is 0 Å². The quantitative estimate of drug-likeness (QED) is 0.815. The van der Waals surface area contributed by atoms with Crippen molar-refractivity contribution in [2.45, 2.75) is 45.1 Å². The summed E-state index contributed by atoms with van der Waals surface area (Å²) in [4.78, 5) is 0. The van der Waals surface area contributed by atoms with Crippen LogP contribution in [0.15, 0.2) is 18.2 Å². The fourth-order valence-corrected chi connectivity index (χ4v) is 5.68. The molecule has 2 aromatic rings. The van der Waals surface area contributed by atoms with Crippen molar-refractivity contribution in [2.75, 3.05) is 7.11 Å². The smallest absolute Gasteiger partial charge is 0.136 e. The molecule has 0 fully saturated rings. The Balaban J connectivity index is 2.64. The Morgan fingerprint density at radius 3 is 2.25 bits per heavy atom. The van der Waals surface area contributed by atoms with Crippen LogP contribution >= 0.6 is 0 Å². The second-order valence-corrected chi connectivity index (χ2v) is 17.7. The predicted octanol–water partition coefficient (Wildman–Crippen LogP) is 3.00. The van der Waals surface area contributed by atoms with Gasteiger partial charge in [0.05, 0.1) is 13.6 Å². The predicted molar refractivity (Wildman–Crippen MR) is 89.9 cm³/mol. The van der Waals surface area contributed by atoms with E-state index in [1.54, 1.807) is 7.11 Å². The van der Waals surface area contributed by atoms with Gasteiger partial charge in [-0.1, -0.05) is 56.6 Å². The zero-order valence-electron chi connectivity index (χ0n) is 13.6. The third kappa shape index (κ3) is 2.73. The molecule has 0 aliphatic rings. The Hall–Kier alpha value is -0.986. The molecule has 4 nitrogen and oxygen atoms in total. The summed E-state index contributed by atoms with van der Waals surface area (Å²) in [5.74, 6) is 0.0179. The lowest BCUT2D eigenvalue weighted by Crippen LogP contribution is -2.38. The van der Waals surface area contributed by atoms with E-state index in [0.29, 0.717) is 0 Å². The molecule has 110 valence electrons. The van der Waals surface area contributed by atoms with Crippen molar-refractivity contribution in [1.29, 1.82) is 0 Å². The summed E-state index contributed by atoms with van der Waals surface area (Å²) in [6.07, 6.45) is 0. The molecule has 0 saturated heterocycles. The summed E-state index contributed by atoms with van der Waals surface area (Å²) in [5, 5.41) is 10.2. The molecule has 1 heterocycles. The molecule has 1 aromatic carbocycles. The van der Waals surface area contributed by atoms with Crippen LogP contribution in [0.3, 0.4) is 0 Å². The molecular weight excluding hydrogens is 282 g/mol. The molecule has 20 heavy (non-hydrogen) atoms. The number of hydrogen-bond donors (Lipinski definition) is 0. The molecule has 0 amide bonds. The van der Waals surface area contributed by atoms with Crippen LogP contribution in [0.1, 0.15) is 5.85 Å². The van der Waals surface area contributed by atoms with Crippen LogP contribution in [0.4, 0.5) is 0 Å². The van der Waals surface area contributed by atoms with Crippen LogP contribution in [0.2, 0.25) is 39.3 Å². The molecule has 1 unspecified atom stereocenters. The summed E-state index contributed by atoms with van der Waals surface area (Å²) in [6.45, 7) is 13.9. The van der Waals surface area contributed by atoms with Crippen LogP contribution in [-0.4, -0.2) is 38.3 Å². The normalized spacial score (nSPS) is 14.8. The maximum atomic E-state index is 5.73. The Morgan fingerprint density at radius 2 is 1.75 bits per heavy atom. The molecule has 0 N–H and O–H groups in total. The van der Waals surface area contributed by atoms with Gasteiger partial charge in [0.25, 0.3) is 0 Å². The molecule has 0 spiro atoms. The maximum Gasteiger partial charge on any atom is 0.136 e. The summed E-state index contributed by atoms with van der Waals surface area (Å²) in [6, 6.07) is 6.42. The standard InChI is InChI=1S/C14H25N3OSi2/c1-18-14(20(5,6)7)17-11-9-8-10-12(19(2,3)4)13(11)15-16-17/h8-10,14H,1-7H3. The number of aromatic nitrogens is 3. The highest BCUT2D eigenvalue weighted by atomic mass is 28.3. The van der Waals surface area contributed by atoms with Gasteiger partial charge in [-0.05, 0) is 11.3 Å². The monoisotopic (exact) mass is 307 g/mol. The van der Waals surface area contributed by atoms with Crippen LogP contribution in [-0.2, 0) is 4.74 Å². The van der Waals surface area contributed by atoms with Crippen LogP contribution in [0.25, 0.3) is 11.0 Å². The second-order valence-electron chi connectivity index (χ2n) is 7.41. The molecule has 0 radical (unpaired) electrons. The van der Waals surface area contributed by atoms with Gasteiger partial charge in [0.1, 0.15) is 19.4 Å². The first kappa shape index (κ1) is 15.4. The average Bonchev–Trinajstić information content (AvgIpc) is 2.71. The Labute approximate surface area is 123 Å². The lowest BCUT2D eigenvalue weighted by molar-refractivity contribution is 0.0954. The average molecular weight is 308 g/mol. The maximum absolute atomic E-state index is 5.73. The minimum atomic E-state index is -1.52.